The number of ether oxygens (including phenoxy) is 1. The molecule has 1 aromatic carbocycles. The van der Waals surface area contributed by atoms with Gasteiger partial charge in [-0.2, -0.15) is 13.2 Å². The summed E-state index contributed by atoms with van der Waals surface area (Å²) in [5.74, 6) is 0.899. The van der Waals surface area contributed by atoms with Crippen LogP contribution >= 0.6 is 0 Å². The molecule has 38 heavy (non-hydrogen) atoms. The van der Waals surface area contributed by atoms with Crippen LogP contribution in [0.4, 0.5) is 18.0 Å². The summed E-state index contributed by atoms with van der Waals surface area (Å²) in [6.07, 6.45) is -0.760. The van der Waals surface area contributed by atoms with Crippen LogP contribution in [0.2, 0.25) is 0 Å². The highest BCUT2D eigenvalue weighted by atomic mass is 19.4. The zero-order valence-corrected chi connectivity index (χ0v) is 21.2. The van der Waals surface area contributed by atoms with Crippen molar-refractivity contribution in [1.29, 1.82) is 0 Å². The number of likely N-dealkylation sites (tertiary alicyclic amines) is 1. The number of halogens is 3. The number of carbonyl (C=O) groups excluding carboxylic acids is 1. The van der Waals surface area contributed by atoms with E-state index in [0.29, 0.717) is 18.3 Å². The van der Waals surface area contributed by atoms with E-state index in [1.165, 1.54) is 4.90 Å². The lowest BCUT2D eigenvalue weighted by Gasteiger charge is -2.48. The van der Waals surface area contributed by atoms with Gasteiger partial charge in [-0.05, 0) is 35.8 Å². The molecule has 0 bridgehead atoms. The van der Waals surface area contributed by atoms with Gasteiger partial charge in [0, 0.05) is 49.9 Å². The number of hydrogen-bond donors (Lipinski definition) is 3. The topological polar surface area (TPSA) is 81.8 Å². The smallest absolute Gasteiger partial charge is 0.401 e. The average molecular weight is 531 g/mol. The molecule has 11 heteroatoms. The Kier molecular flexibility index (Phi) is 6.69. The number of hydrogen-bond acceptors (Lipinski definition) is 6. The summed E-state index contributed by atoms with van der Waals surface area (Å²) >= 11 is 0. The molecule has 8 nitrogen and oxygen atoms in total. The Hall–Kier alpha value is -2.89. The average Bonchev–Trinajstić information content (AvgIpc) is 3.50. The number of aromatic nitrogens is 1. The van der Waals surface area contributed by atoms with Gasteiger partial charge in [0.05, 0.1) is 25.7 Å². The van der Waals surface area contributed by atoms with Gasteiger partial charge >= 0.3 is 12.2 Å². The second-order valence-corrected chi connectivity index (χ2v) is 11.0. The van der Waals surface area contributed by atoms with Crippen LogP contribution in [0.1, 0.15) is 35.9 Å². The van der Waals surface area contributed by atoms with Gasteiger partial charge in [0.25, 0.3) is 0 Å². The normalized spacial score (nSPS) is 33.5. The summed E-state index contributed by atoms with van der Waals surface area (Å²) in [5, 5.41) is 3.21. The number of methoxy groups -OCH3 is 1. The minimum atomic E-state index is -4.28. The quantitative estimate of drug-likeness (QED) is 0.552. The van der Waals surface area contributed by atoms with E-state index in [9.17, 15) is 18.0 Å². The van der Waals surface area contributed by atoms with E-state index in [4.69, 9.17) is 4.74 Å². The van der Waals surface area contributed by atoms with Gasteiger partial charge in [0.1, 0.15) is 0 Å². The number of urea groups is 1. The SMILES string of the molecule is COc1ccc(C2NNC3CC4NC(=O)N([C@@H]5CN(CC(F)(F)F)C[C@H]5c5ccccc5)CC4CC32)cn1. The van der Waals surface area contributed by atoms with Crippen molar-refractivity contribution >= 4 is 6.03 Å². The molecule has 0 spiro atoms. The summed E-state index contributed by atoms with van der Waals surface area (Å²) in [6.45, 7) is 0.0600. The van der Waals surface area contributed by atoms with E-state index in [1.54, 1.807) is 7.11 Å². The molecular formula is C27H33F3N6O2. The summed E-state index contributed by atoms with van der Waals surface area (Å²) in [4.78, 5) is 21.0. The van der Waals surface area contributed by atoms with Crippen molar-refractivity contribution < 1.29 is 22.7 Å². The Morgan fingerprint density at radius 2 is 1.82 bits per heavy atom. The molecule has 1 aromatic heterocycles. The number of amides is 2. The lowest BCUT2D eigenvalue weighted by atomic mass is 9.71. The molecule has 3 saturated heterocycles. The summed E-state index contributed by atoms with van der Waals surface area (Å²) < 4.78 is 45.1. The van der Waals surface area contributed by atoms with Crippen molar-refractivity contribution in [3.05, 3.63) is 59.8 Å². The maximum Gasteiger partial charge on any atom is 0.401 e. The molecule has 5 unspecified atom stereocenters. The molecule has 2 aromatic rings. The standard InChI is InChI=1S/C27H33F3N6O2/c1-38-24-8-7-17(11-31-24)25-19-9-18-12-36(26(37)32-21(18)10-22(19)33-34-25)23-14-35(15-27(28,29)30)13-20(23)16-5-3-2-4-6-16/h2-8,11,18-23,25,33-34H,9-10,12-15H2,1H3,(H,32,37)/t18?,19?,20-,21?,22?,23+,25?/m0/s1. The number of pyridine rings is 1. The molecule has 3 aliphatic heterocycles. The molecular weight excluding hydrogens is 497 g/mol. The first kappa shape index (κ1) is 25.4. The van der Waals surface area contributed by atoms with Gasteiger partial charge in [0.2, 0.25) is 5.88 Å². The fraction of sp³-hybridized carbons (Fsp3) is 0.556. The third kappa shape index (κ3) is 4.94. The Balaban J connectivity index is 1.21. The molecule has 3 N–H and O–H groups in total. The largest absolute Gasteiger partial charge is 0.481 e. The maximum atomic E-state index is 13.4. The Bertz CT molecular complexity index is 1130. The van der Waals surface area contributed by atoms with Crippen molar-refractivity contribution in [2.75, 3.05) is 33.3 Å². The molecule has 204 valence electrons. The van der Waals surface area contributed by atoms with Crippen molar-refractivity contribution in [1.82, 2.24) is 31.0 Å². The van der Waals surface area contributed by atoms with Gasteiger partial charge < -0.3 is 15.0 Å². The molecule has 0 radical (unpaired) electrons. The molecule has 6 rings (SSSR count). The molecule has 2 amide bonds. The minimum Gasteiger partial charge on any atom is -0.481 e. The van der Waals surface area contributed by atoms with E-state index < -0.39 is 12.7 Å². The van der Waals surface area contributed by atoms with Crippen LogP contribution in [0.15, 0.2) is 48.7 Å². The fourth-order valence-electron chi connectivity index (χ4n) is 7.02. The third-order valence-corrected chi connectivity index (χ3v) is 8.75. The summed E-state index contributed by atoms with van der Waals surface area (Å²) in [7, 11) is 1.59. The number of nitrogens with one attached hydrogen (secondary N) is 3. The van der Waals surface area contributed by atoms with Crippen LogP contribution in [0.5, 0.6) is 5.88 Å². The van der Waals surface area contributed by atoms with E-state index in [2.05, 4.69) is 21.2 Å². The number of alkyl halides is 3. The molecule has 1 saturated carbocycles. The van der Waals surface area contributed by atoms with Gasteiger partial charge in [-0.15, -0.1) is 0 Å². The third-order valence-electron chi connectivity index (χ3n) is 8.75. The van der Waals surface area contributed by atoms with E-state index in [-0.39, 0.29) is 55.1 Å². The Morgan fingerprint density at radius 3 is 2.53 bits per heavy atom. The fourth-order valence-corrected chi connectivity index (χ4v) is 7.02. The lowest BCUT2D eigenvalue weighted by molar-refractivity contribution is -0.143. The minimum absolute atomic E-state index is 0.0323. The van der Waals surface area contributed by atoms with E-state index in [0.717, 1.165) is 24.0 Å². The number of nitrogens with zero attached hydrogens (tertiary/aromatic N) is 3. The van der Waals surface area contributed by atoms with Crippen LogP contribution in [0.3, 0.4) is 0 Å². The monoisotopic (exact) mass is 530 g/mol. The van der Waals surface area contributed by atoms with Gasteiger partial charge in [-0.3, -0.25) is 10.3 Å². The van der Waals surface area contributed by atoms with E-state index in [1.807, 2.05) is 53.6 Å². The van der Waals surface area contributed by atoms with Gasteiger partial charge in [-0.25, -0.2) is 15.2 Å². The number of carbonyl (C=O) groups is 1. The second kappa shape index (κ2) is 10.0. The highest BCUT2D eigenvalue weighted by Gasteiger charge is 2.51. The number of benzene rings is 1. The van der Waals surface area contributed by atoms with E-state index >= 15 is 0 Å². The molecule has 7 atom stereocenters. The summed E-state index contributed by atoms with van der Waals surface area (Å²) in [5.41, 5.74) is 8.89. The molecule has 4 fully saturated rings. The van der Waals surface area contributed by atoms with Crippen molar-refractivity contribution in [2.45, 2.75) is 49.1 Å². The number of fused-ring (bicyclic) bond motifs is 2. The Labute approximate surface area is 219 Å². The zero-order valence-electron chi connectivity index (χ0n) is 21.2. The first-order chi connectivity index (χ1) is 18.3. The second-order valence-electron chi connectivity index (χ2n) is 11.0. The van der Waals surface area contributed by atoms with Gasteiger partial charge in [-0.1, -0.05) is 36.4 Å². The molecule has 4 aliphatic rings. The zero-order chi connectivity index (χ0) is 26.4. The highest BCUT2D eigenvalue weighted by Crippen LogP contribution is 2.43. The summed E-state index contributed by atoms with van der Waals surface area (Å²) in [6, 6.07) is 13.3. The van der Waals surface area contributed by atoms with Crippen LogP contribution in [-0.4, -0.2) is 78.4 Å². The predicted molar refractivity (Wildman–Crippen MR) is 134 cm³/mol. The lowest BCUT2D eigenvalue weighted by Crippen LogP contribution is -2.63. The van der Waals surface area contributed by atoms with Crippen LogP contribution in [0, 0.1) is 11.8 Å². The molecule has 4 heterocycles. The van der Waals surface area contributed by atoms with Crippen LogP contribution in [0.25, 0.3) is 0 Å². The van der Waals surface area contributed by atoms with Crippen LogP contribution in [-0.2, 0) is 0 Å². The first-order valence-corrected chi connectivity index (χ1v) is 13.2. The van der Waals surface area contributed by atoms with Crippen LogP contribution < -0.4 is 20.9 Å². The van der Waals surface area contributed by atoms with Crippen molar-refractivity contribution in [3.63, 3.8) is 0 Å². The van der Waals surface area contributed by atoms with Gasteiger partial charge in [0.15, 0.2) is 0 Å². The Morgan fingerprint density at radius 1 is 1.00 bits per heavy atom. The highest BCUT2D eigenvalue weighted by molar-refractivity contribution is 5.76. The van der Waals surface area contributed by atoms with Crippen molar-refractivity contribution in [3.8, 4) is 5.88 Å². The first-order valence-electron chi connectivity index (χ1n) is 13.2. The maximum absolute atomic E-state index is 13.4. The predicted octanol–water partition coefficient (Wildman–Crippen LogP) is 3.06. The molecule has 1 aliphatic carbocycles. The van der Waals surface area contributed by atoms with Crippen molar-refractivity contribution in [2.24, 2.45) is 11.8 Å². The number of hydrazine groups is 1. The number of rotatable bonds is 5.